The molecule has 10 amide bonds. The number of phenolic OH excluding ortho intramolecular Hbond substituents is 1. The number of rotatable bonds is 37. The van der Waals surface area contributed by atoms with Crippen LogP contribution < -0.4 is 82.7 Å². The number of aliphatic imine (C=N–C) groups is 2. The van der Waals surface area contributed by atoms with Crippen molar-refractivity contribution in [3.8, 4) is 5.75 Å². The van der Waals surface area contributed by atoms with E-state index in [4.69, 9.17) is 40.1 Å². The minimum absolute atomic E-state index is 0.0121. The van der Waals surface area contributed by atoms with Crippen LogP contribution in [0, 0.1) is 11.8 Å². The normalized spacial score (nSPS) is 13.8. The highest BCUT2D eigenvalue weighted by Gasteiger charge is 2.35. The van der Waals surface area contributed by atoms with E-state index in [-0.39, 0.29) is 87.5 Å². The molecule has 0 unspecified atom stereocenters. The molecule has 24 N–H and O–H groups in total. The summed E-state index contributed by atoms with van der Waals surface area (Å²) in [6, 6.07) is 1.95. The van der Waals surface area contributed by atoms with E-state index in [1.807, 2.05) is 0 Å². The van der Waals surface area contributed by atoms with Crippen LogP contribution in [0.2, 0.25) is 0 Å². The first-order valence-electron chi connectivity index (χ1n) is 26.4. The largest absolute Gasteiger partial charge is 0.508 e. The van der Waals surface area contributed by atoms with Crippen molar-refractivity contribution in [3.05, 3.63) is 65.7 Å². The molecule has 30 nitrogen and oxygen atoms in total. The molecule has 82 heavy (non-hydrogen) atoms. The van der Waals surface area contributed by atoms with Crippen molar-refractivity contribution >= 4 is 77.0 Å². The van der Waals surface area contributed by atoms with Crippen LogP contribution in [0.15, 0.2) is 64.6 Å². The Bertz CT molecular complexity index is 2560. The lowest BCUT2D eigenvalue weighted by atomic mass is 10.0. The number of guanidine groups is 2. The third-order valence-electron chi connectivity index (χ3n) is 12.0. The molecule has 2 aromatic carbocycles. The average molecular weight is 1150 g/mol. The molecule has 0 radical (unpaired) electrons. The number of carboxylic acid groups (broad SMARTS) is 1. The number of nitrogens with two attached hydrogens (primary N) is 7. The summed E-state index contributed by atoms with van der Waals surface area (Å²) in [5, 5.41) is 39.5. The van der Waals surface area contributed by atoms with Crippen LogP contribution in [-0.4, -0.2) is 155 Å². The Morgan fingerprint density at radius 3 is 1.37 bits per heavy atom. The summed E-state index contributed by atoms with van der Waals surface area (Å²) in [4.78, 5) is 155. The molecule has 2 rings (SSSR count). The molecule has 0 saturated heterocycles. The van der Waals surface area contributed by atoms with Gasteiger partial charge < -0.3 is 92.9 Å². The van der Waals surface area contributed by atoms with E-state index < -0.39 is 133 Å². The summed E-state index contributed by atoms with van der Waals surface area (Å²) in [6.07, 6.45) is -1.61. The van der Waals surface area contributed by atoms with Gasteiger partial charge in [0, 0.05) is 25.9 Å². The van der Waals surface area contributed by atoms with Gasteiger partial charge in [0.1, 0.15) is 48.0 Å². The number of aliphatic carboxylic acids is 1. The van der Waals surface area contributed by atoms with E-state index in [0.717, 1.165) is 0 Å². The first-order valence-corrected chi connectivity index (χ1v) is 26.4. The zero-order chi connectivity index (χ0) is 61.6. The maximum atomic E-state index is 14.4. The molecule has 0 aliphatic carbocycles. The van der Waals surface area contributed by atoms with Crippen LogP contribution in [0.4, 0.5) is 0 Å². The SMILES string of the molecule is CC(C)C[C@H](NC(=O)[C@H](CC(N)=O)NC(=O)[C@H](Cc1ccc(O)cc1)NC(=O)[C@H](CCCN=C(N)N)NC(=O)CNC(=O)[C@H](CC(C)C)NC(=O)[C@@H](N)CCCN=C(N)N)C(=O)N[C@@H](CC(N)=O)C(=O)N[C@@H](Cc1ccccc1)C(=O)O. The van der Waals surface area contributed by atoms with Gasteiger partial charge in [0.15, 0.2) is 11.9 Å². The smallest absolute Gasteiger partial charge is 0.326 e. The second kappa shape index (κ2) is 35.5. The topological polar surface area (TPSA) is 531 Å². The highest BCUT2D eigenvalue weighted by Crippen LogP contribution is 2.14. The van der Waals surface area contributed by atoms with Crippen molar-refractivity contribution in [3.63, 3.8) is 0 Å². The van der Waals surface area contributed by atoms with E-state index in [2.05, 4.69) is 52.5 Å². The molecular formula is C52H81N17O13. The van der Waals surface area contributed by atoms with E-state index in [1.54, 1.807) is 58.0 Å². The lowest BCUT2D eigenvalue weighted by molar-refractivity contribution is -0.142. The Balaban J connectivity index is 2.43. The van der Waals surface area contributed by atoms with E-state index in [9.17, 15) is 63.0 Å². The van der Waals surface area contributed by atoms with Crippen molar-refractivity contribution in [1.82, 2.24) is 42.5 Å². The van der Waals surface area contributed by atoms with Crippen molar-refractivity contribution in [1.29, 1.82) is 0 Å². The number of primary amides is 2. The monoisotopic (exact) mass is 1150 g/mol. The van der Waals surface area contributed by atoms with Gasteiger partial charge in [-0.2, -0.15) is 0 Å². The summed E-state index contributed by atoms with van der Waals surface area (Å²) in [6.45, 7) is 6.49. The van der Waals surface area contributed by atoms with Gasteiger partial charge in [-0.3, -0.25) is 57.9 Å². The lowest BCUT2D eigenvalue weighted by Gasteiger charge is -2.28. The fourth-order valence-electron chi connectivity index (χ4n) is 7.95. The first-order chi connectivity index (χ1) is 38.5. The van der Waals surface area contributed by atoms with Crippen LogP contribution in [0.3, 0.4) is 0 Å². The minimum atomic E-state index is -1.83. The highest BCUT2D eigenvalue weighted by molar-refractivity contribution is 5.99. The molecule has 8 atom stereocenters. The van der Waals surface area contributed by atoms with Crippen molar-refractivity contribution in [2.45, 2.75) is 140 Å². The second-order valence-corrected chi connectivity index (χ2v) is 20.2. The number of amides is 10. The molecule has 0 heterocycles. The number of hydrogen-bond donors (Lipinski definition) is 17. The predicted octanol–water partition coefficient (Wildman–Crippen LogP) is -4.95. The third kappa shape index (κ3) is 27.7. The van der Waals surface area contributed by atoms with Crippen molar-refractivity contribution in [2.75, 3.05) is 19.6 Å². The molecule has 0 fully saturated rings. The number of carbonyl (C=O) groups excluding carboxylic acids is 10. The number of nitrogens with one attached hydrogen (secondary N) is 8. The Hall–Kier alpha value is -9.09. The van der Waals surface area contributed by atoms with Gasteiger partial charge in [0.05, 0.1) is 25.4 Å². The second-order valence-electron chi connectivity index (χ2n) is 20.2. The molecule has 30 heteroatoms. The Kier molecular flexibility index (Phi) is 29.9. The number of phenols is 1. The van der Waals surface area contributed by atoms with Gasteiger partial charge >= 0.3 is 5.97 Å². The van der Waals surface area contributed by atoms with E-state index in [1.165, 1.54) is 24.3 Å². The third-order valence-corrected chi connectivity index (χ3v) is 12.0. The van der Waals surface area contributed by atoms with Crippen LogP contribution in [0.5, 0.6) is 5.75 Å². The zero-order valence-electron chi connectivity index (χ0n) is 46.5. The minimum Gasteiger partial charge on any atom is -0.508 e. The average Bonchev–Trinajstić information content (AvgIpc) is 3.45. The summed E-state index contributed by atoms with van der Waals surface area (Å²) >= 11 is 0. The predicted molar refractivity (Wildman–Crippen MR) is 300 cm³/mol. The molecule has 0 saturated carbocycles. The summed E-state index contributed by atoms with van der Waals surface area (Å²) in [5.74, 6) is -12.1. The van der Waals surface area contributed by atoms with Crippen LogP contribution >= 0.6 is 0 Å². The highest BCUT2D eigenvalue weighted by atomic mass is 16.4. The number of carboxylic acids is 1. The molecule has 0 aliphatic rings. The van der Waals surface area contributed by atoms with Crippen LogP contribution in [0.25, 0.3) is 0 Å². The molecule has 452 valence electrons. The number of hydrogen-bond acceptors (Lipinski definition) is 15. The number of aromatic hydroxyl groups is 1. The molecule has 0 spiro atoms. The lowest BCUT2D eigenvalue weighted by Crippen LogP contribution is -2.60. The van der Waals surface area contributed by atoms with Crippen LogP contribution in [0.1, 0.15) is 90.2 Å². The van der Waals surface area contributed by atoms with Gasteiger partial charge in [-0.25, -0.2) is 4.79 Å². The quantitative estimate of drug-likeness (QED) is 0.0171. The van der Waals surface area contributed by atoms with Crippen LogP contribution in [-0.2, 0) is 65.6 Å². The maximum absolute atomic E-state index is 14.4. The summed E-state index contributed by atoms with van der Waals surface area (Å²) < 4.78 is 0. The van der Waals surface area contributed by atoms with Gasteiger partial charge in [-0.1, -0.05) is 70.2 Å². The molecule has 2 aromatic rings. The van der Waals surface area contributed by atoms with Gasteiger partial charge in [-0.05, 0) is 73.6 Å². The molecule has 0 aromatic heterocycles. The zero-order valence-corrected chi connectivity index (χ0v) is 46.5. The molecular weight excluding hydrogens is 1070 g/mol. The van der Waals surface area contributed by atoms with E-state index in [0.29, 0.717) is 17.5 Å². The molecule has 0 bridgehead atoms. The number of benzene rings is 2. The van der Waals surface area contributed by atoms with Gasteiger partial charge in [0.2, 0.25) is 59.1 Å². The fourth-order valence-corrected chi connectivity index (χ4v) is 7.95. The Morgan fingerprint density at radius 1 is 0.476 bits per heavy atom. The Morgan fingerprint density at radius 2 is 0.878 bits per heavy atom. The summed E-state index contributed by atoms with van der Waals surface area (Å²) in [7, 11) is 0. The van der Waals surface area contributed by atoms with E-state index >= 15 is 0 Å². The summed E-state index contributed by atoms with van der Waals surface area (Å²) in [5.41, 5.74) is 39.6. The van der Waals surface area contributed by atoms with Crippen molar-refractivity contribution < 1.29 is 63.0 Å². The van der Waals surface area contributed by atoms with Gasteiger partial charge in [-0.15, -0.1) is 0 Å². The first kappa shape index (κ1) is 69.0. The standard InChI is InChI=1S/C52H81N17O13/c1-27(2)20-34(64-43(74)32(53)12-8-18-60-51(56)57)44(75)62-26-42(73)63-33(13-9-19-61-52(58)59)45(76)66-36(22-30-14-16-31(70)17-15-30)47(78)68-37(24-40(54)71)48(79)65-35(21-28(3)4)46(77)67-38(25-41(55)72)49(80)69-39(50(81)82)23-29-10-6-5-7-11-29/h5-7,10-11,14-17,27-28,32-39,70H,8-9,12-13,18-26,53H2,1-4H3,(H2,54,71)(H2,55,72)(H,62,75)(H,63,73)(H,64,74)(H,65,79)(H,66,76)(H,67,77)(H,68,78)(H,69,80)(H,81,82)(H4,56,57,60)(H4,58,59,61)/t32-,33-,34-,35-,36-,37-,38-,39-/m0/s1. The number of carbonyl (C=O) groups is 11. The molecule has 0 aliphatic heterocycles. The number of nitrogens with zero attached hydrogens (tertiary/aromatic N) is 2. The fraction of sp³-hybridized carbons (Fsp3) is 0.519. The van der Waals surface area contributed by atoms with Crippen molar-refractivity contribution in [2.24, 2.45) is 62.0 Å². The maximum Gasteiger partial charge on any atom is 0.326 e. The Labute approximate surface area is 474 Å². The van der Waals surface area contributed by atoms with Gasteiger partial charge in [0.25, 0.3) is 0 Å².